The number of carbonyl (C=O) groups is 2. The second-order valence-electron chi connectivity index (χ2n) is 4.51. The summed E-state index contributed by atoms with van der Waals surface area (Å²) in [7, 11) is 0. The van der Waals surface area contributed by atoms with E-state index in [0.29, 0.717) is 10.2 Å². The van der Waals surface area contributed by atoms with Gasteiger partial charge in [-0.1, -0.05) is 35.3 Å². The quantitative estimate of drug-likeness (QED) is 0.563. The summed E-state index contributed by atoms with van der Waals surface area (Å²) >= 11 is 7.18. The van der Waals surface area contributed by atoms with E-state index in [1.165, 1.54) is 11.8 Å². The molecule has 2 amide bonds. The Morgan fingerprint density at radius 1 is 1.33 bits per heavy atom. The Balaban J connectivity index is 1.87. The molecule has 24 heavy (non-hydrogen) atoms. The van der Waals surface area contributed by atoms with E-state index >= 15 is 0 Å². The van der Waals surface area contributed by atoms with Crippen molar-refractivity contribution >= 4 is 35.2 Å². The molecule has 0 unspecified atom stereocenters. The predicted octanol–water partition coefficient (Wildman–Crippen LogP) is 0.878. The number of hydrogen-bond donors (Lipinski definition) is 2. The lowest BCUT2D eigenvalue weighted by atomic mass is 10.3. The van der Waals surface area contributed by atoms with Crippen molar-refractivity contribution in [2.75, 3.05) is 18.8 Å². The number of nitrogens with zero attached hydrogens (tertiary/aromatic N) is 3. The third kappa shape index (κ3) is 5.30. The van der Waals surface area contributed by atoms with Crippen molar-refractivity contribution in [2.24, 2.45) is 0 Å². The van der Waals surface area contributed by atoms with Crippen LogP contribution in [0.3, 0.4) is 0 Å². The average Bonchev–Trinajstić information content (AvgIpc) is 3.04. The number of rotatable bonds is 7. The van der Waals surface area contributed by atoms with Gasteiger partial charge in [0.05, 0.1) is 24.5 Å². The first-order chi connectivity index (χ1) is 11.6. The molecule has 0 bridgehead atoms. The van der Waals surface area contributed by atoms with Crippen LogP contribution in [0.15, 0.2) is 35.7 Å². The summed E-state index contributed by atoms with van der Waals surface area (Å²) in [5.74, 6) is 1.74. The van der Waals surface area contributed by atoms with E-state index in [1.54, 1.807) is 23.0 Å². The Hall–Kier alpha value is -2.50. The van der Waals surface area contributed by atoms with E-state index in [2.05, 4.69) is 26.8 Å². The fraction of sp³-hybridized carbons (Fsp3) is 0.200. The molecule has 2 N–H and O–H groups in total. The highest BCUT2D eigenvalue weighted by molar-refractivity contribution is 7.99. The van der Waals surface area contributed by atoms with Gasteiger partial charge in [-0.2, -0.15) is 0 Å². The largest absolute Gasteiger partial charge is 0.346 e. The fourth-order valence-electron chi connectivity index (χ4n) is 1.70. The summed E-state index contributed by atoms with van der Waals surface area (Å²) in [6.07, 6.45) is 6.57. The van der Waals surface area contributed by atoms with Gasteiger partial charge in [0, 0.05) is 5.02 Å². The van der Waals surface area contributed by atoms with Gasteiger partial charge in [0.25, 0.3) is 0 Å². The number of benzene rings is 1. The molecular weight excluding hydrogens is 350 g/mol. The number of terminal acetylenes is 1. The average molecular weight is 364 g/mol. The van der Waals surface area contributed by atoms with E-state index in [4.69, 9.17) is 18.0 Å². The Morgan fingerprint density at radius 2 is 2.17 bits per heavy atom. The van der Waals surface area contributed by atoms with Crippen LogP contribution in [0.25, 0.3) is 5.69 Å². The lowest BCUT2D eigenvalue weighted by Crippen LogP contribution is -2.37. The predicted molar refractivity (Wildman–Crippen MR) is 91.9 cm³/mol. The molecule has 124 valence electrons. The molecule has 0 saturated heterocycles. The SMILES string of the molecule is C#CCNC(=O)CNC(=O)CSc1nncn1-c1cccc(Cl)c1. The van der Waals surface area contributed by atoms with Crippen LogP contribution >= 0.6 is 23.4 Å². The molecule has 0 saturated carbocycles. The first-order valence-electron chi connectivity index (χ1n) is 6.86. The number of halogens is 1. The van der Waals surface area contributed by atoms with Crippen molar-refractivity contribution in [3.8, 4) is 18.0 Å². The van der Waals surface area contributed by atoms with Crippen LogP contribution in [0.5, 0.6) is 0 Å². The zero-order chi connectivity index (χ0) is 17.4. The molecule has 0 radical (unpaired) electrons. The monoisotopic (exact) mass is 363 g/mol. The van der Waals surface area contributed by atoms with Gasteiger partial charge in [-0.25, -0.2) is 0 Å². The topological polar surface area (TPSA) is 88.9 Å². The molecule has 0 fully saturated rings. The first kappa shape index (κ1) is 17.8. The first-order valence-corrected chi connectivity index (χ1v) is 8.22. The van der Waals surface area contributed by atoms with E-state index in [0.717, 1.165) is 5.69 Å². The molecule has 7 nitrogen and oxygen atoms in total. The smallest absolute Gasteiger partial charge is 0.240 e. The fourth-order valence-corrected chi connectivity index (χ4v) is 2.64. The van der Waals surface area contributed by atoms with Crippen LogP contribution in [0.1, 0.15) is 0 Å². The Kier molecular flexibility index (Phi) is 6.66. The summed E-state index contributed by atoms with van der Waals surface area (Å²) in [6, 6.07) is 7.20. The zero-order valence-corrected chi connectivity index (χ0v) is 14.1. The number of hydrogen-bond acceptors (Lipinski definition) is 5. The van der Waals surface area contributed by atoms with E-state index in [-0.39, 0.29) is 30.7 Å². The molecular formula is C15H14ClN5O2S. The van der Waals surface area contributed by atoms with Crippen molar-refractivity contribution in [1.82, 2.24) is 25.4 Å². The number of thioether (sulfide) groups is 1. The highest BCUT2D eigenvalue weighted by Gasteiger charge is 2.11. The normalized spacial score (nSPS) is 10.0. The van der Waals surface area contributed by atoms with Crippen molar-refractivity contribution in [3.63, 3.8) is 0 Å². The maximum atomic E-state index is 11.8. The van der Waals surface area contributed by atoms with Crippen LogP contribution in [-0.4, -0.2) is 45.4 Å². The van der Waals surface area contributed by atoms with Crippen LogP contribution in [0.2, 0.25) is 5.02 Å². The Bertz CT molecular complexity index is 771. The Morgan fingerprint density at radius 3 is 2.92 bits per heavy atom. The Labute approximate surface area is 148 Å². The van der Waals surface area contributed by atoms with Crippen molar-refractivity contribution in [2.45, 2.75) is 5.16 Å². The minimum absolute atomic E-state index is 0.0989. The summed E-state index contributed by atoms with van der Waals surface area (Å²) in [6.45, 7) is 0.00819. The summed E-state index contributed by atoms with van der Waals surface area (Å²) < 4.78 is 1.73. The molecule has 1 heterocycles. The lowest BCUT2D eigenvalue weighted by molar-refractivity contribution is -0.124. The molecule has 0 aliphatic carbocycles. The maximum absolute atomic E-state index is 11.8. The molecule has 0 aliphatic heterocycles. The summed E-state index contributed by atoms with van der Waals surface area (Å²) in [5.41, 5.74) is 0.795. The van der Waals surface area contributed by atoms with Gasteiger partial charge in [-0.3, -0.25) is 14.2 Å². The number of nitrogens with one attached hydrogen (secondary N) is 2. The second-order valence-corrected chi connectivity index (χ2v) is 5.89. The van der Waals surface area contributed by atoms with Crippen molar-refractivity contribution in [3.05, 3.63) is 35.6 Å². The molecule has 0 aliphatic rings. The number of aromatic nitrogens is 3. The van der Waals surface area contributed by atoms with Gasteiger partial charge < -0.3 is 10.6 Å². The molecule has 9 heteroatoms. The minimum Gasteiger partial charge on any atom is -0.346 e. The van der Waals surface area contributed by atoms with Gasteiger partial charge in [0.15, 0.2) is 5.16 Å². The molecule has 0 spiro atoms. The van der Waals surface area contributed by atoms with Crippen molar-refractivity contribution in [1.29, 1.82) is 0 Å². The number of amides is 2. The van der Waals surface area contributed by atoms with Crippen LogP contribution in [0.4, 0.5) is 0 Å². The van der Waals surface area contributed by atoms with Crippen LogP contribution in [-0.2, 0) is 9.59 Å². The molecule has 1 aromatic heterocycles. The molecule has 0 atom stereocenters. The molecule has 2 rings (SSSR count). The standard InChI is InChI=1S/C15H14ClN5O2S/c1-2-6-17-13(22)8-18-14(23)9-24-15-20-19-10-21(15)12-5-3-4-11(16)7-12/h1,3-5,7,10H,6,8-9H2,(H,17,22)(H,18,23). The minimum atomic E-state index is -0.339. The second kappa shape index (κ2) is 8.96. The lowest BCUT2D eigenvalue weighted by Gasteiger charge is -2.07. The van der Waals surface area contributed by atoms with E-state index < -0.39 is 0 Å². The van der Waals surface area contributed by atoms with Gasteiger partial charge in [-0.15, -0.1) is 16.6 Å². The van der Waals surface area contributed by atoms with Gasteiger partial charge in [0.1, 0.15) is 6.33 Å². The molecule has 1 aromatic carbocycles. The third-order valence-electron chi connectivity index (χ3n) is 2.77. The maximum Gasteiger partial charge on any atom is 0.240 e. The highest BCUT2D eigenvalue weighted by atomic mass is 35.5. The van der Waals surface area contributed by atoms with E-state index in [1.807, 2.05) is 12.1 Å². The van der Waals surface area contributed by atoms with Crippen LogP contribution in [0, 0.1) is 12.3 Å². The van der Waals surface area contributed by atoms with Crippen molar-refractivity contribution < 1.29 is 9.59 Å². The number of carbonyl (C=O) groups excluding carboxylic acids is 2. The summed E-state index contributed by atoms with van der Waals surface area (Å²) in [4.78, 5) is 23.1. The highest BCUT2D eigenvalue weighted by Crippen LogP contribution is 2.21. The van der Waals surface area contributed by atoms with E-state index in [9.17, 15) is 9.59 Å². The van der Waals surface area contributed by atoms with Crippen LogP contribution < -0.4 is 10.6 Å². The van der Waals surface area contributed by atoms with Gasteiger partial charge in [0.2, 0.25) is 11.8 Å². The summed E-state index contributed by atoms with van der Waals surface area (Å²) in [5, 5.41) is 13.9. The van der Waals surface area contributed by atoms with Gasteiger partial charge >= 0.3 is 0 Å². The van der Waals surface area contributed by atoms with Gasteiger partial charge in [-0.05, 0) is 18.2 Å². The molecule has 2 aromatic rings. The zero-order valence-electron chi connectivity index (χ0n) is 12.5. The third-order valence-corrected chi connectivity index (χ3v) is 3.95.